The van der Waals surface area contributed by atoms with Gasteiger partial charge in [-0.2, -0.15) is 5.10 Å². The molecule has 0 saturated carbocycles. The van der Waals surface area contributed by atoms with Crippen LogP contribution in [0.25, 0.3) is 0 Å². The van der Waals surface area contributed by atoms with Crippen molar-refractivity contribution in [3.05, 3.63) is 76.6 Å². The fraction of sp³-hybridized carbons (Fsp3) is 0.423. The monoisotopic (exact) mass is 450 g/mol. The summed E-state index contributed by atoms with van der Waals surface area (Å²) in [6.07, 6.45) is 2.83. The molecular formula is C26H34N4O3. The molecule has 0 spiro atoms. The lowest BCUT2D eigenvalue weighted by atomic mass is 10.1. The molecule has 4 rings (SSSR count). The molecule has 7 nitrogen and oxygen atoms in total. The number of nitrogens with one attached hydrogen (secondary N) is 2. The highest BCUT2D eigenvalue weighted by Gasteiger charge is 2.18. The van der Waals surface area contributed by atoms with Gasteiger partial charge in [0.25, 0.3) is 0 Å². The molecule has 0 aliphatic heterocycles. The second-order valence-corrected chi connectivity index (χ2v) is 8.72. The molecule has 3 N–H and O–H groups in total. The molecule has 0 saturated heterocycles. The van der Waals surface area contributed by atoms with E-state index >= 15 is 0 Å². The van der Waals surface area contributed by atoms with Gasteiger partial charge in [-0.1, -0.05) is 36.4 Å². The van der Waals surface area contributed by atoms with Gasteiger partial charge in [0.1, 0.15) is 12.7 Å². The van der Waals surface area contributed by atoms with Crippen molar-refractivity contribution in [2.24, 2.45) is 0 Å². The van der Waals surface area contributed by atoms with Crippen molar-refractivity contribution < 1.29 is 14.6 Å². The fourth-order valence-electron chi connectivity index (χ4n) is 4.36. The van der Waals surface area contributed by atoms with Crippen LogP contribution in [0.5, 0.6) is 11.5 Å². The number of aromatic amines is 1. The van der Waals surface area contributed by atoms with Crippen molar-refractivity contribution in [2.75, 3.05) is 27.3 Å². The molecule has 0 bridgehead atoms. The lowest BCUT2D eigenvalue weighted by Gasteiger charge is -2.21. The van der Waals surface area contributed by atoms with Gasteiger partial charge >= 0.3 is 0 Å². The number of hydrogen-bond acceptors (Lipinski definition) is 6. The van der Waals surface area contributed by atoms with Gasteiger partial charge in [-0.25, -0.2) is 0 Å². The van der Waals surface area contributed by atoms with Crippen molar-refractivity contribution in [3.8, 4) is 11.5 Å². The van der Waals surface area contributed by atoms with E-state index in [4.69, 9.17) is 9.47 Å². The Hall–Kier alpha value is -2.87. The first-order valence-electron chi connectivity index (χ1n) is 11.6. The second-order valence-electron chi connectivity index (χ2n) is 8.72. The van der Waals surface area contributed by atoms with Crippen LogP contribution in [-0.2, 0) is 32.5 Å². The first-order valence-corrected chi connectivity index (χ1v) is 11.6. The van der Waals surface area contributed by atoms with Crippen LogP contribution in [0.15, 0.2) is 48.5 Å². The summed E-state index contributed by atoms with van der Waals surface area (Å²) in [6, 6.07) is 16.1. The zero-order valence-electron chi connectivity index (χ0n) is 19.5. The Kier molecular flexibility index (Phi) is 7.99. The summed E-state index contributed by atoms with van der Waals surface area (Å²) >= 11 is 0. The molecule has 1 aromatic heterocycles. The van der Waals surface area contributed by atoms with Crippen LogP contribution in [0.4, 0.5) is 0 Å². The highest BCUT2D eigenvalue weighted by molar-refractivity contribution is 5.43. The van der Waals surface area contributed by atoms with E-state index in [1.807, 2.05) is 43.4 Å². The quantitative estimate of drug-likeness (QED) is 0.393. The van der Waals surface area contributed by atoms with Crippen molar-refractivity contribution in [2.45, 2.75) is 45.0 Å². The van der Waals surface area contributed by atoms with Crippen molar-refractivity contribution in [1.82, 2.24) is 20.4 Å². The summed E-state index contributed by atoms with van der Waals surface area (Å²) in [5, 5.41) is 21.6. The van der Waals surface area contributed by atoms with E-state index in [9.17, 15) is 5.11 Å². The number of rotatable bonds is 12. The highest BCUT2D eigenvalue weighted by Crippen LogP contribution is 2.28. The van der Waals surface area contributed by atoms with Crippen LogP contribution >= 0.6 is 0 Å². The minimum absolute atomic E-state index is 0.200. The summed E-state index contributed by atoms with van der Waals surface area (Å²) < 4.78 is 11.4. The molecule has 1 aliphatic rings. The third-order valence-corrected chi connectivity index (χ3v) is 5.99. The lowest BCUT2D eigenvalue weighted by Crippen LogP contribution is -2.32. The summed E-state index contributed by atoms with van der Waals surface area (Å²) in [4.78, 5) is 2.09. The van der Waals surface area contributed by atoms with E-state index in [0.29, 0.717) is 24.6 Å². The van der Waals surface area contributed by atoms with Gasteiger partial charge in [0.15, 0.2) is 11.5 Å². The molecule has 7 heteroatoms. The Balaban J connectivity index is 1.27. The number of nitrogens with zero attached hydrogens (tertiary/aromatic N) is 2. The molecular weight excluding hydrogens is 416 g/mol. The molecule has 0 fully saturated rings. The molecule has 0 unspecified atom stereocenters. The lowest BCUT2D eigenvalue weighted by molar-refractivity contribution is 0.0732. The third-order valence-electron chi connectivity index (χ3n) is 5.99. The van der Waals surface area contributed by atoms with Gasteiger partial charge in [-0.05, 0) is 55.1 Å². The van der Waals surface area contributed by atoms with E-state index in [0.717, 1.165) is 37.2 Å². The fourth-order valence-corrected chi connectivity index (χ4v) is 4.36. The van der Waals surface area contributed by atoms with Crippen LogP contribution in [0.1, 0.15) is 34.5 Å². The molecule has 33 heavy (non-hydrogen) atoms. The van der Waals surface area contributed by atoms with Crippen LogP contribution in [0, 0.1) is 0 Å². The van der Waals surface area contributed by atoms with Crippen LogP contribution in [0.2, 0.25) is 0 Å². The number of benzene rings is 2. The maximum absolute atomic E-state index is 10.5. The van der Waals surface area contributed by atoms with Crippen molar-refractivity contribution in [3.63, 3.8) is 0 Å². The number of likely N-dealkylation sites (N-methyl/N-ethyl adjacent to an activating group) is 1. The highest BCUT2D eigenvalue weighted by atomic mass is 16.5. The first-order chi connectivity index (χ1) is 16.1. The maximum atomic E-state index is 10.5. The molecule has 2 aromatic carbocycles. The summed E-state index contributed by atoms with van der Waals surface area (Å²) in [6.45, 7) is 2.94. The van der Waals surface area contributed by atoms with Crippen molar-refractivity contribution >= 4 is 0 Å². The average molecular weight is 451 g/mol. The molecule has 1 heterocycles. The number of aliphatic hydroxyl groups excluding tert-OH is 1. The van der Waals surface area contributed by atoms with E-state index < -0.39 is 6.10 Å². The van der Waals surface area contributed by atoms with E-state index in [-0.39, 0.29) is 6.61 Å². The summed E-state index contributed by atoms with van der Waals surface area (Å²) in [5.41, 5.74) is 6.10. The number of fused-ring (bicyclic) bond motifs is 1. The zero-order valence-corrected chi connectivity index (χ0v) is 19.5. The Labute approximate surface area is 195 Å². The maximum Gasteiger partial charge on any atom is 0.161 e. The predicted octanol–water partition coefficient (Wildman–Crippen LogP) is 3.07. The molecule has 0 radical (unpaired) electrons. The van der Waals surface area contributed by atoms with Gasteiger partial charge in [-0.3, -0.25) is 10.00 Å². The Morgan fingerprint density at radius 2 is 1.94 bits per heavy atom. The third kappa shape index (κ3) is 6.35. The molecule has 1 aliphatic carbocycles. The van der Waals surface area contributed by atoms with Gasteiger partial charge in [0, 0.05) is 31.9 Å². The Morgan fingerprint density at radius 1 is 1.09 bits per heavy atom. The summed E-state index contributed by atoms with van der Waals surface area (Å²) in [5.74, 6) is 1.30. The number of ether oxygens (including phenoxy) is 2. The largest absolute Gasteiger partial charge is 0.493 e. The average Bonchev–Trinajstić information content (AvgIpc) is 3.43. The van der Waals surface area contributed by atoms with Crippen LogP contribution in [-0.4, -0.2) is 53.6 Å². The standard InChI is InChI=1S/C26H34N4O3/c1-30(16-19-7-4-3-5-8-19)17-21(31)18-33-26-13-20(11-12-25(26)32-2)14-27-15-24-22-9-6-10-23(22)28-29-24/h3-5,7-8,11-13,21,27,31H,6,9-10,14-18H2,1-2H3,(H,28,29)/t21-/m0/s1. The van der Waals surface area contributed by atoms with Crippen molar-refractivity contribution in [1.29, 1.82) is 0 Å². The molecule has 0 amide bonds. The number of H-pyrrole nitrogens is 1. The number of aromatic nitrogens is 2. The minimum Gasteiger partial charge on any atom is -0.493 e. The predicted molar refractivity (Wildman–Crippen MR) is 128 cm³/mol. The van der Waals surface area contributed by atoms with Gasteiger partial charge in [0.05, 0.1) is 12.8 Å². The van der Waals surface area contributed by atoms with Crippen LogP contribution < -0.4 is 14.8 Å². The first kappa shape index (κ1) is 23.3. The zero-order chi connectivity index (χ0) is 23.0. The van der Waals surface area contributed by atoms with Gasteiger partial charge < -0.3 is 19.9 Å². The Morgan fingerprint density at radius 3 is 2.76 bits per heavy atom. The SMILES string of the molecule is COc1ccc(CNCc2n[nH]c3c2CCC3)cc1OC[C@@H](O)CN(C)Cc1ccccc1. The number of aliphatic hydroxyl groups is 1. The Bertz CT molecular complexity index is 1020. The normalized spacial score (nSPS) is 13.8. The van der Waals surface area contributed by atoms with E-state index in [1.165, 1.54) is 23.2 Å². The number of hydrogen-bond donors (Lipinski definition) is 3. The smallest absolute Gasteiger partial charge is 0.161 e. The molecule has 1 atom stereocenters. The molecule has 3 aromatic rings. The van der Waals surface area contributed by atoms with Gasteiger partial charge in [-0.15, -0.1) is 0 Å². The van der Waals surface area contributed by atoms with E-state index in [1.54, 1.807) is 7.11 Å². The minimum atomic E-state index is -0.605. The number of methoxy groups -OCH3 is 1. The number of aryl methyl sites for hydroxylation is 1. The van der Waals surface area contributed by atoms with Gasteiger partial charge in [0.2, 0.25) is 0 Å². The second kappa shape index (κ2) is 11.3. The van der Waals surface area contributed by atoms with Crippen LogP contribution in [0.3, 0.4) is 0 Å². The van der Waals surface area contributed by atoms with E-state index in [2.05, 4.69) is 32.5 Å². The molecule has 176 valence electrons. The summed E-state index contributed by atoms with van der Waals surface area (Å²) in [7, 11) is 3.63. The topological polar surface area (TPSA) is 82.6 Å².